The molecule has 1 aliphatic heterocycles. The molecule has 0 fully saturated rings. The number of ether oxygens (including phenoxy) is 4. The molecular weight excluding hydrogens is 398 g/mol. The average Bonchev–Trinajstić information content (AvgIpc) is 3.19. The normalized spacial score (nSPS) is 12.8. The summed E-state index contributed by atoms with van der Waals surface area (Å²) in [5.41, 5.74) is 1.36. The van der Waals surface area contributed by atoms with Gasteiger partial charge in [-0.3, -0.25) is 4.99 Å². The van der Waals surface area contributed by atoms with Gasteiger partial charge in [0.2, 0.25) is 12.7 Å². The molecule has 30 heavy (non-hydrogen) atoms. The van der Waals surface area contributed by atoms with Gasteiger partial charge in [-0.15, -0.1) is 0 Å². The Morgan fingerprint density at radius 1 is 1.20 bits per heavy atom. The molecule has 0 radical (unpaired) electrons. The summed E-state index contributed by atoms with van der Waals surface area (Å²) < 4.78 is 46.4. The van der Waals surface area contributed by atoms with E-state index in [-0.39, 0.29) is 19.1 Å². The van der Waals surface area contributed by atoms with Crippen molar-refractivity contribution in [3.8, 4) is 23.1 Å². The summed E-state index contributed by atoms with van der Waals surface area (Å²) >= 11 is 0. The molecule has 3 rings (SSSR count). The fourth-order valence-corrected chi connectivity index (χ4v) is 2.78. The summed E-state index contributed by atoms with van der Waals surface area (Å²) in [6.45, 7) is 0.298. The van der Waals surface area contributed by atoms with Crippen molar-refractivity contribution in [3.05, 3.63) is 41.6 Å². The van der Waals surface area contributed by atoms with Gasteiger partial charge in [-0.1, -0.05) is 13.0 Å². The van der Waals surface area contributed by atoms with Gasteiger partial charge in [0.05, 0.1) is 6.61 Å². The molecule has 162 valence electrons. The van der Waals surface area contributed by atoms with Gasteiger partial charge in [0.15, 0.2) is 17.5 Å². The number of aromatic nitrogens is 1. The third kappa shape index (κ3) is 5.62. The molecule has 0 saturated heterocycles. The molecule has 2 heterocycles. The number of benzene rings is 1. The largest absolute Gasteiger partial charge is 0.477 e. The van der Waals surface area contributed by atoms with Crippen molar-refractivity contribution in [1.29, 1.82) is 0 Å². The highest BCUT2D eigenvalue weighted by molar-refractivity contribution is 5.79. The van der Waals surface area contributed by atoms with Gasteiger partial charge in [-0.05, 0) is 18.6 Å². The van der Waals surface area contributed by atoms with Gasteiger partial charge in [0, 0.05) is 43.5 Å². The van der Waals surface area contributed by atoms with E-state index < -0.39 is 6.61 Å². The topological polar surface area (TPSA) is 86.2 Å². The van der Waals surface area contributed by atoms with Crippen LogP contribution in [0.1, 0.15) is 24.5 Å². The van der Waals surface area contributed by atoms with Gasteiger partial charge < -0.3 is 29.6 Å². The van der Waals surface area contributed by atoms with Crippen molar-refractivity contribution >= 4 is 5.96 Å². The number of aliphatic imine (C=N–C) groups is 1. The van der Waals surface area contributed by atoms with Crippen LogP contribution in [0.3, 0.4) is 0 Å². The first-order valence-corrected chi connectivity index (χ1v) is 9.49. The summed E-state index contributed by atoms with van der Waals surface area (Å²) in [5.74, 6) is 1.89. The maximum atomic E-state index is 12.8. The number of halogens is 2. The second kappa shape index (κ2) is 10.5. The third-order valence-corrected chi connectivity index (χ3v) is 4.18. The first-order chi connectivity index (χ1) is 14.6. The van der Waals surface area contributed by atoms with Crippen molar-refractivity contribution in [2.75, 3.05) is 20.4 Å². The Balaban J connectivity index is 1.64. The maximum absolute atomic E-state index is 12.8. The quantitative estimate of drug-likeness (QED) is 0.474. The van der Waals surface area contributed by atoms with Crippen LogP contribution in [0.4, 0.5) is 8.78 Å². The summed E-state index contributed by atoms with van der Waals surface area (Å²) in [6, 6.07) is 6.74. The first-order valence-electron chi connectivity index (χ1n) is 9.49. The molecule has 8 nitrogen and oxygen atoms in total. The standard InChI is InChI=1S/C20H24F2N4O4/c1-3-7-27-18-13(5-4-6-24-18)10-25-20(23-2)26-11-14-8-16-17(29-12-28-16)9-15(14)30-19(21)22/h4-6,8-9,19H,3,7,10-12H2,1-2H3,(H2,23,25,26). The monoisotopic (exact) mass is 422 g/mol. The predicted octanol–water partition coefficient (Wildman–Crippen LogP) is 3.07. The molecule has 1 aromatic carbocycles. The van der Waals surface area contributed by atoms with E-state index in [1.807, 2.05) is 19.1 Å². The Kier molecular flexibility index (Phi) is 7.47. The zero-order valence-corrected chi connectivity index (χ0v) is 16.8. The molecule has 0 atom stereocenters. The molecule has 2 N–H and O–H groups in total. The minimum absolute atomic E-state index is 0.0136. The summed E-state index contributed by atoms with van der Waals surface area (Å²) in [5, 5.41) is 6.24. The number of fused-ring (bicyclic) bond motifs is 1. The Bertz CT molecular complexity index is 880. The van der Waals surface area contributed by atoms with Crippen LogP contribution < -0.4 is 29.6 Å². The third-order valence-electron chi connectivity index (χ3n) is 4.18. The van der Waals surface area contributed by atoms with Gasteiger partial charge in [-0.2, -0.15) is 8.78 Å². The van der Waals surface area contributed by atoms with E-state index in [4.69, 9.17) is 14.2 Å². The molecule has 1 aliphatic rings. The molecule has 0 unspecified atom stereocenters. The highest BCUT2D eigenvalue weighted by atomic mass is 19.3. The molecule has 0 aliphatic carbocycles. The lowest BCUT2D eigenvalue weighted by Gasteiger charge is -2.16. The van der Waals surface area contributed by atoms with E-state index in [0.717, 1.165) is 12.0 Å². The Labute approximate surface area is 173 Å². The summed E-state index contributed by atoms with van der Waals surface area (Å²) in [6.07, 6.45) is 2.55. The first kappa shape index (κ1) is 21.4. The number of hydrogen-bond donors (Lipinski definition) is 2. The van der Waals surface area contributed by atoms with Crippen LogP contribution in [0.15, 0.2) is 35.5 Å². The van der Waals surface area contributed by atoms with Gasteiger partial charge >= 0.3 is 6.61 Å². The smallest absolute Gasteiger partial charge is 0.387 e. The van der Waals surface area contributed by atoms with Crippen LogP contribution in [-0.2, 0) is 13.1 Å². The van der Waals surface area contributed by atoms with E-state index in [0.29, 0.717) is 42.1 Å². The van der Waals surface area contributed by atoms with Crippen LogP contribution >= 0.6 is 0 Å². The van der Waals surface area contributed by atoms with Crippen LogP contribution in [0.5, 0.6) is 23.1 Å². The molecule has 0 saturated carbocycles. The molecule has 0 amide bonds. The number of nitrogens with zero attached hydrogens (tertiary/aromatic N) is 2. The van der Waals surface area contributed by atoms with E-state index in [2.05, 4.69) is 25.3 Å². The van der Waals surface area contributed by atoms with Crippen molar-refractivity contribution in [1.82, 2.24) is 15.6 Å². The van der Waals surface area contributed by atoms with Crippen molar-refractivity contribution in [3.63, 3.8) is 0 Å². The lowest BCUT2D eigenvalue weighted by molar-refractivity contribution is -0.0505. The molecule has 10 heteroatoms. The van der Waals surface area contributed by atoms with Gasteiger partial charge in [-0.25, -0.2) is 4.98 Å². The minimum atomic E-state index is -2.95. The second-order valence-corrected chi connectivity index (χ2v) is 6.29. The zero-order chi connectivity index (χ0) is 21.3. The zero-order valence-electron chi connectivity index (χ0n) is 16.8. The molecule has 2 aromatic rings. The van der Waals surface area contributed by atoms with Crippen LogP contribution in [-0.4, -0.2) is 38.0 Å². The number of rotatable bonds is 9. The lowest BCUT2D eigenvalue weighted by atomic mass is 10.1. The number of pyridine rings is 1. The van der Waals surface area contributed by atoms with Crippen molar-refractivity contribution in [2.24, 2.45) is 4.99 Å². The highest BCUT2D eigenvalue weighted by Gasteiger charge is 2.20. The highest BCUT2D eigenvalue weighted by Crippen LogP contribution is 2.38. The number of alkyl halides is 2. The minimum Gasteiger partial charge on any atom is -0.477 e. The molecule has 1 aromatic heterocycles. The Morgan fingerprint density at radius 2 is 1.93 bits per heavy atom. The number of hydrogen-bond acceptors (Lipinski definition) is 6. The van der Waals surface area contributed by atoms with Gasteiger partial charge in [0.25, 0.3) is 0 Å². The lowest BCUT2D eigenvalue weighted by Crippen LogP contribution is -2.36. The van der Waals surface area contributed by atoms with Crippen molar-refractivity contribution in [2.45, 2.75) is 33.0 Å². The number of guanidine groups is 1. The SMILES string of the molecule is CCCOc1ncccc1CNC(=NC)NCc1cc2c(cc1OC(F)F)OCO2. The average molecular weight is 422 g/mol. The van der Waals surface area contributed by atoms with Gasteiger partial charge in [0.1, 0.15) is 5.75 Å². The summed E-state index contributed by atoms with van der Waals surface area (Å²) in [7, 11) is 1.61. The van der Waals surface area contributed by atoms with E-state index >= 15 is 0 Å². The number of nitrogens with one attached hydrogen (secondary N) is 2. The Hall–Kier alpha value is -3.30. The molecule has 0 spiro atoms. The van der Waals surface area contributed by atoms with Crippen LogP contribution in [0, 0.1) is 0 Å². The second-order valence-electron chi connectivity index (χ2n) is 6.29. The Morgan fingerprint density at radius 3 is 2.63 bits per heavy atom. The molecular formula is C20H24F2N4O4. The van der Waals surface area contributed by atoms with Crippen LogP contribution in [0.25, 0.3) is 0 Å². The van der Waals surface area contributed by atoms with E-state index in [1.165, 1.54) is 6.07 Å². The van der Waals surface area contributed by atoms with Crippen molar-refractivity contribution < 1.29 is 27.7 Å². The maximum Gasteiger partial charge on any atom is 0.387 e. The van der Waals surface area contributed by atoms with E-state index in [9.17, 15) is 8.78 Å². The summed E-state index contributed by atoms with van der Waals surface area (Å²) in [4.78, 5) is 8.41. The fourth-order valence-electron chi connectivity index (χ4n) is 2.78. The van der Waals surface area contributed by atoms with E-state index in [1.54, 1.807) is 19.3 Å². The van der Waals surface area contributed by atoms with Crippen LogP contribution in [0.2, 0.25) is 0 Å². The fraction of sp³-hybridized carbons (Fsp3) is 0.400. The molecule has 0 bridgehead atoms. The predicted molar refractivity (Wildman–Crippen MR) is 106 cm³/mol.